The van der Waals surface area contributed by atoms with E-state index in [2.05, 4.69) is 21.8 Å². The van der Waals surface area contributed by atoms with Crippen LogP contribution in [-0.2, 0) is 6.42 Å². The van der Waals surface area contributed by atoms with E-state index in [1.54, 1.807) is 18.2 Å². The van der Waals surface area contributed by atoms with E-state index in [1.807, 2.05) is 36.7 Å². The van der Waals surface area contributed by atoms with Crippen LogP contribution in [0.3, 0.4) is 0 Å². The van der Waals surface area contributed by atoms with Gasteiger partial charge in [-0.05, 0) is 73.4 Å². The van der Waals surface area contributed by atoms with Gasteiger partial charge in [0, 0.05) is 17.3 Å². The maximum atomic E-state index is 13.5. The van der Waals surface area contributed by atoms with Gasteiger partial charge in [-0.1, -0.05) is 31.9 Å². The predicted octanol–water partition coefficient (Wildman–Crippen LogP) is 6.88. The Morgan fingerprint density at radius 1 is 1.12 bits per heavy atom. The van der Waals surface area contributed by atoms with Gasteiger partial charge in [0.1, 0.15) is 11.5 Å². The molecule has 1 N–H and O–H groups in total. The van der Waals surface area contributed by atoms with Crippen LogP contribution in [0.2, 0.25) is 0 Å². The fourth-order valence-electron chi connectivity index (χ4n) is 4.53. The SMILES string of the molecule is CCc1cccc(NC(=O)c2ccc(-c3c(-c4ccc(F)cc4)ncn3C3CCCC3)o2)c1. The molecule has 4 aromatic rings. The predicted molar refractivity (Wildman–Crippen MR) is 127 cm³/mol. The summed E-state index contributed by atoms with van der Waals surface area (Å²) in [6.07, 6.45) is 7.24. The lowest BCUT2D eigenvalue weighted by Crippen LogP contribution is -2.11. The average Bonchev–Trinajstić information content (AvgIpc) is 3.59. The average molecular weight is 444 g/mol. The molecule has 6 heteroatoms. The first kappa shape index (κ1) is 21.2. The largest absolute Gasteiger partial charge is 0.449 e. The van der Waals surface area contributed by atoms with Crippen molar-refractivity contribution in [2.75, 3.05) is 5.32 Å². The Kier molecular flexibility index (Phi) is 5.82. The molecule has 0 radical (unpaired) electrons. The molecule has 1 aliphatic rings. The second-order valence-corrected chi connectivity index (χ2v) is 8.47. The van der Waals surface area contributed by atoms with Crippen molar-refractivity contribution in [1.29, 1.82) is 0 Å². The Hall–Kier alpha value is -3.67. The summed E-state index contributed by atoms with van der Waals surface area (Å²) in [6, 6.07) is 17.9. The van der Waals surface area contributed by atoms with Gasteiger partial charge < -0.3 is 14.3 Å². The Morgan fingerprint density at radius 2 is 1.91 bits per heavy atom. The number of halogens is 1. The van der Waals surface area contributed by atoms with Crippen LogP contribution >= 0.6 is 0 Å². The zero-order valence-electron chi connectivity index (χ0n) is 18.6. The molecule has 2 aromatic carbocycles. The number of rotatable bonds is 6. The summed E-state index contributed by atoms with van der Waals surface area (Å²) in [7, 11) is 0. The lowest BCUT2D eigenvalue weighted by Gasteiger charge is -2.15. The van der Waals surface area contributed by atoms with E-state index in [-0.39, 0.29) is 17.5 Å². The molecule has 0 spiro atoms. The van der Waals surface area contributed by atoms with Crippen molar-refractivity contribution in [2.45, 2.75) is 45.1 Å². The highest BCUT2D eigenvalue weighted by Gasteiger charge is 2.26. The molecule has 0 aliphatic heterocycles. The zero-order valence-corrected chi connectivity index (χ0v) is 18.6. The van der Waals surface area contributed by atoms with Crippen molar-refractivity contribution in [3.05, 3.63) is 84.1 Å². The van der Waals surface area contributed by atoms with E-state index in [9.17, 15) is 9.18 Å². The van der Waals surface area contributed by atoms with E-state index in [1.165, 1.54) is 25.0 Å². The van der Waals surface area contributed by atoms with Crippen molar-refractivity contribution < 1.29 is 13.6 Å². The summed E-state index contributed by atoms with van der Waals surface area (Å²) in [5, 5.41) is 2.92. The highest BCUT2D eigenvalue weighted by atomic mass is 19.1. The summed E-state index contributed by atoms with van der Waals surface area (Å²) < 4.78 is 21.7. The Labute approximate surface area is 192 Å². The first-order chi connectivity index (χ1) is 16.1. The summed E-state index contributed by atoms with van der Waals surface area (Å²) in [4.78, 5) is 17.5. The van der Waals surface area contributed by atoms with Crippen molar-refractivity contribution >= 4 is 11.6 Å². The minimum absolute atomic E-state index is 0.233. The molecule has 2 aromatic heterocycles. The Balaban J connectivity index is 1.49. The van der Waals surface area contributed by atoms with Gasteiger partial charge in [0.15, 0.2) is 11.5 Å². The molecular formula is C27H26FN3O2. The van der Waals surface area contributed by atoms with Crippen LogP contribution in [0.15, 0.2) is 71.4 Å². The van der Waals surface area contributed by atoms with Gasteiger partial charge >= 0.3 is 0 Å². The number of anilines is 1. The first-order valence-electron chi connectivity index (χ1n) is 11.5. The van der Waals surface area contributed by atoms with Gasteiger partial charge in [-0.3, -0.25) is 4.79 Å². The first-order valence-corrected chi connectivity index (χ1v) is 11.5. The fourth-order valence-corrected chi connectivity index (χ4v) is 4.53. The number of aromatic nitrogens is 2. The van der Waals surface area contributed by atoms with Crippen LogP contribution in [0.4, 0.5) is 10.1 Å². The molecule has 5 nitrogen and oxygen atoms in total. The fraction of sp³-hybridized carbons (Fsp3) is 0.259. The molecule has 1 fully saturated rings. The number of benzene rings is 2. The second kappa shape index (κ2) is 9.06. The van der Waals surface area contributed by atoms with Gasteiger partial charge in [0.2, 0.25) is 0 Å². The van der Waals surface area contributed by atoms with Gasteiger partial charge in [0.05, 0.1) is 12.0 Å². The number of nitrogens with one attached hydrogen (secondary N) is 1. The van der Waals surface area contributed by atoms with E-state index < -0.39 is 0 Å². The van der Waals surface area contributed by atoms with E-state index in [0.29, 0.717) is 11.8 Å². The lowest BCUT2D eigenvalue weighted by atomic mass is 10.1. The van der Waals surface area contributed by atoms with Crippen molar-refractivity contribution in [1.82, 2.24) is 9.55 Å². The topological polar surface area (TPSA) is 60.1 Å². The Morgan fingerprint density at radius 3 is 2.67 bits per heavy atom. The standard InChI is InChI=1S/C27H26FN3O2/c1-2-18-6-5-7-21(16-18)30-27(32)24-15-14-23(33-24)26-25(19-10-12-20(28)13-11-19)29-17-31(26)22-8-3-4-9-22/h5-7,10-17,22H,2-4,8-9H2,1H3,(H,30,32). The third-order valence-corrected chi connectivity index (χ3v) is 6.29. The number of amides is 1. The maximum Gasteiger partial charge on any atom is 0.291 e. The molecule has 168 valence electrons. The normalized spacial score (nSPS) is 14.0. The quantitative estimate of drug-likeness (QED) is 0.353. The third kappa shape index (κ3) is 4.33. The van der Waals surface area contributed by atoms with E-state index in [4.69, 9.17) is 4.42 Å². The zero-order chi connectivity index (χ0) is 22.8. The third-order valence-electron chi connectivity index (χ3n) is 6.29. The minimum atomic E-state index is -0.301. The van der Waals surface area contributed by atoms with Crippen LogP contribution in [0, 0.1) is 5.82 Å². The van der Waals surface area contributed by atoms with Gasteiger partial charge in [0.25, 0.3) is 5.91 Å². The molecule has 0 unspecified atom stereocenters. The summed E-state index contributed by atoms with van der Waals surface area (Å²) in [6.45, 7) is 2.08. The Bertz CT molecular complexity index is 1270. The minimum Gasteiger partial charge on any atom is -0.449 e. The number of carbonyl (C=O) groups is 1. The van der Waals surface area contributed by atoms with E-state index in [0.717, 1.165) is 47.5 Å². The van der Waals surface area contributed by atoms with Crippen LogP contribution < -0.4 is 5.32 Å². The van der Waals surface area contributed by atoms with Gasteiger partial charge in [-0.2, -0.15) is 0 Å². The number of furan rings is 1. The number of hydrogen-bond acceptors (Lipinski definition) is 3. The van der Waals surface area contributed by atoms with Crippen molar-refractivity contribution in [3.63, 3.8) is 0 Å². The smallest absolute Gasteiger partial charge is 0.291 e. The number of hydrogen-bond donors (Lipinski definition) is 1. The lowest BCUT2D eigenvalue weighted by molar-refractivity contribution is 0.0997. The number of imidazole rings is 1. The summed E-state index contributed by atoms with van der Waals surface area (Å²) in [5.74, 6) is 0.215. The monoisotopic (exact) mass is 443 g/mol. The molecule has 0 saturated heterocycles. The molecule has 0 atom stereocenters. The van der Waals surface area contributed by atoms with Crippen molar-refractivity contribution in [2.24, 2.45) is 0 Å². The van der Waals surface area contributed by atoms with Crippen LogP contribution in [0.25, 0.3) is 22.7 Å². The molecule has 0 bridgehead atoms. The summed E-state index contributed by atoms with van der Waals surface area (Å²) in [5.41, 5.74) is 4.24. The maximum absolute atomic E-state index is 13.5. The van der Waals surface area contributed by atoms with Crippen molar-refractivity contribution in [3.8, 4) is 22.7 Å². The highest BCUT2D eigenvalue weighted by Crippen LogP contribution is 2.39. The second-order valence-electron chi connectivity index (χ2n) is 8.47. The van der Waals surface area contributed by atoms with Crippen LogP contribution in [-0.4, -0.2) is 15.5 Å². The number of aryl methyl sites for hydroxylation is 1. The van der Waals surface area contributed by atoms with E-state index >= 15 is 0 Å². The molecular weight excluding hydrogens is 417 g/mol. The number of nitrogens with zero attached hydrogens (tertiary/aromatic N) is 2. The molecule has 2 heterocycles. The molecule has 33 heavy (non-hydrogen) atoms. The molecule has 1 saturated carbocycles. The molecule has 1 amide bonds. The van der Waals surface area contributed by atoms with Crippen LogP contribution in [0.5, 0.6) is 0 Å². The van der Waals surface area contributed by atoms with Gasteiger partial charge in [-0.25, -0.2) is 9.37 Å². The molecule has 1 aliphatic carbocycles. The summed E-state index contributed by atoms with van der Waals surface area (Å²) >= 11 is 0. The van der Waals surface area contributed by atoms with Gasteiger partial charge in [-0.15, -0.1) is 0 Å². The van der Waals surface area contributed by atoms with Crippen LogP contribution in [0.1, 0.15) is 54.8 Å². The molecule has 5 rings (SSSR count). The highest BCUT2D eigenvalue weighted by molar-refractivity contribution is 6.02. The number of carbonyl (C=O) groups excluding carboxylic acids is 1.